The van der Waals surface area contributed by atoms with Crippen LogP contribution in [0.15, 0.2) is 0 Å². The minimum atomic E-state index is -1.01. The van der Waals surface area contributed by atoms with Crippen LogP contribution in [-0.2, 0) is 9.59 Å². The zero-order valence-corrected chi connectivity index (χ0v) is 12.3. The van der Waals surface area contributed by atoms with E-state index < -0.39 is 5.97 Å². The van der Waals surface area contributed by atoms with Crippen molar-refractivity contribution in [1.29, 1.82) is 0 Å². The van der Waals surface area contributed by atoms with Crippen molar-refractivity contribution in [1.82, 2.24) is 14.7 Å². The highest BCUT2D eigenvalue weighted by Crippen LogP contribution is 2.08. The Hall–Kier alpha value is -1.79. The highest BCUT2D eigenvalue weighted by molar-refractivity contribution is 5.80. The molecule has 0 aromatic rings. The Labute approximate surface area is 119 Å². The van der Waals surface area contributed by atoms with E-state index >= 15 is 0 Å². The van der Waals surface area contributed by atoms with E-state index in [1.54, 1.807) is 9.80 Å². The zero-order chi connectivity index (χ0) is 15.3. The van der Waals surface area contributed by atoms with Crippen molar-refractivity contribution in [2.24, 2.45) is 5.92 Å². The number of carboxylic acid groups (broad SMARTS) is 1. The molecule has 0 atom stereocenters. The molecule has 0 aromatic carbocycles. The lowest BCUT2D eigenvalue weighted by molar-refractivity contribution is -0.137. The fourth-order valence-corrected chi connectivity index (χ4v) is 2.23. The molecule has 0 aliphatic carbocycles. The number of carbonyl (C=O) groups excluding carboxylic acids is 2. The standard InChI is InChI=1S/C13H23N3O4/c1-10(2)8-16(9-12(18)19)13(20)15-6-4-14(5-7-15)11(3)17/h10H,4-9H2,1-3H3,(H,18,19). The number of urea groups is 1. The summed E-state index contributed by atoms with van der Waals surface area (Å²) in [6, 6.07) is -0.260. The van der Waals surface area contributed by atoms with Gasteiger partial charge < -0.3 is 19.8 Å². The molecule has 1 aliphatic heterocycles. The molecule has 1 rings (SSSR count). The van der Waals surface area contributed by atoms with E-state index in [1.807, 2.05) is 13.8 Å². The molecule has 0 saturated carbocycles. The zero-order valence-electron chi connectivity index (χ0n) is 12.3. The molecule has 0 unspecified atom stereocenters. The molecule has 114 valence electrons. The molecule has 7 heteroatoms. The summed E-state index contributed by atoms with van der Waals surface area (Å²) in [5, 5.41) is 8.89. The van der Waals surface area contributed by atoms with E-state index in [0.717, 1.165) is 0 Å². The van der Waals surface area contributed by atoms with Crippen LogP contribution in [0.2, 0.25) is 0 Å². The minimum Gasteiger partial charge on any atom is -0.480 e. The molecule has 20 heavy (non-hydrogen) atoms. The SMILES string of the molecule is CC(=O)N1CCN(C(=O)N(CC(=O)O)CC(C)C)CC1. The molecule has 0 radical (unpaired) electrons. The lowest BCUT2D eigenvalue weighted by Crippen LogP contribution is -2.54. The van der Waals surface area contributed by atoms with Crippen LogP contribution in [0.4, 0.5) is 4.79 Å². The first-order chi connectivity index (χ1) is 9.31. The van der Waals surface area contributed by atoms with E-state index in [4.69, 9.17) is 5.11 Å². The second kappa shape index (κ2) is 7.12. The lowest BCUT2D eigenvalue weighted by Gasteiger charge is -2.37. The van der Waals surface area contributed by atoms with Crippen LogP contribution in [0, 0.1) is 5.92 Å². The summed E-state index contributed by atoms with van der Waals surface area (Å²) in [4.78, 5) is 39.1. The number of rotatable bonds is 4. The van der Waals surface area contributed by atoms with Crippen LogP contribution in [-0.4, -0.2) is 77.0 Å². The van der Waals surface area contributed by atoms with Gasteiger partial charge in [-0.05, 0) is 5.92 Å². The lowest BCUT2D eigenvalue weighted by atomic mass is 10.2. The molecule has 1 aliphatic rings. The van der Waals surface area contributed by atoms with Gasteiger partial charge >= 0.3 is 12.0 Å². The van der Waals surface area contributed by atoms with Crippen molar-refractivity contribution in [3.05, 3.63) is 0 Å². The van der Waals surface area contributed by atoms with Crippen LogP contribution in [0.3, 0.4) is 0 Å². The molecule has 0 spiro atoms. The second-order valence-electron chi connectivity index (χ2n) is 5.44. The number of piperazine rings is 1. The molecule has 0 aromatic heterocycles. The monoisotopic (exact) mass is 285 g/mol. The van der Waals surface area contributed by atoms with Crippen molar-refractivity contribution in [2.45, 2.75) is 20.8 Å². The second-order valence-corrected chi connectivity index (χ2v) is 5.44. The van der Waals surface area contributed by atoms with Gasteiger partial charge in [-0.2, -0.15) is 0 Å². The molecule has 1 heterocycles. The molecule has 1 fully saturated rings. The van der Waals surface area contributed by atoms with Gasteiger partial charge in [-0.25, -0.2) is 4.79 Å². The molecule has 0 bridgehead atoms. The van der Waals surface area contributed by atoms with Gasteiger partial charge in [-0.1, -0.05) is 13.8 Å². The summed E-state index contributed by atoms with van der Waals surface area (Å²) >= 11 is 0. The van der Waals surface area contributed by atoms with Crippen molar-refractivity contribution >= 4 is 17.9 Å². The molecule has 1 N–H and O–H groups in total. The Balaban J connectivity index is 2.61. The normalized spacial score (nSPS) is 15.4. The summed E-state index contributed by atoms with van der Waals surface area (Å²) in [6.07, 6.45) is 0. The summed E-state index contributed by atoms with van der Waals surface area (Å²) in [7, 11) is 0. The fourth-order valence-electron chi connectivity index (χ4n) is 2.23. The molecular formula is C13H23N3O4. The van der Waals surface area contributed by atoms with Crippen molar-refractivity contribution in [3.63, 3.8) is 0 Å². The van der Waals surface area contributed by atoms with Gasteiger partial charge in [-0.15, -0.1) is 0 Å². The Kier molecular flexibility index (Phi) is 5.79. The number of hydrogen-bond acceptors (Lipinski definition) is 3. The summed E-state index contributed by atoms with van der Waals surface area (Å²) in [6.45, 7) is 7.42. The number of amides is 3. The average molecular weight is 285 g/mol. The highest BCUT2D eigenvalue weighted by atomic mass is 16.4. The van der Waals surface area contributed by atoms with Crippen LogP contribution in [0.25, 0.3) is 0 Å². The summed E-state index contributed by atoms with van der Waals surface area (Å²) in [5.74, 6) is -0.806. The van der Waals surface area contributed by atoms with E-state index in [9.17, 15) is 14.4 Å². The van der Waals surface area contributed by atoms with Gasteiger partial charge in [0, 0.05) is 39.6 Å². The van der Waals surface area contributed by atoms with Gasteiger partial charge in [0.1, 0.15) is 6.54 Å². The van der Waals surface area contributed by atoms with Crippen LogP contribution in [0.1, 0.15) is 20.8 Å². The van der Waals surface area contributed by atoms with Crippen LogP contribution < -0.4 is 0 Å². The quantitative estimate of drug-likeness (QED) is 0.806. The van der Waals surface area contributed by atoms with Gasteiger partial charge in [0.15, 0.2) is 0 Å². The first-order valence-electron chi connectivity index (χ1n) is 6.82. The maximum absolute atomic E-state index is 12.3. The van der Waals surface area contributed by atoms with Crippen LogP contribution in [0.5, 0.6) is 0 Å². The molecular weight excluding hydrogens is 262 g/mol. The maximum Gasteiger partial charge on any atom is 0.323 e. The van der Waals surface area contributed by atoms with Crippen molar-refractivity contribution in [3.8, 4) is 0 Å². The van der Waals surface area contributed by atoms with E-state index in [0.29, 0.717) is 32.7 Å². The number of carbonyl (C=O) groups is 3. The average Bonchev–Trinajstić information content (AvgIpc) is 2.36. The van der Waals surface area contributed by atoms with Crippen molar-refractivity contribution in [2.75, 3.05) is 39.3 Å². The number of carboxylic acids is 1. The van der Waals surface area contributed by atoms with Gasteiger partial charge in [-0.3, -0.25) is 9.59 Å². The Morgan fingerprint density at radius 2 is 1.60 bits per heavy atom. The first-order valence-corrected chi connectivity index (χ1v) is 6.82. The Morgan fingerprint density at radius 1 is 1.10 bits per heavy atom. The number of nitrogens with zero attached hydrogens (tertiary/aromatic N) is 3. The van der Waals surface area contributed by atoms with E-state index in [-0.39, 0.29) is 24.4 Å². The summed E-state index contributed by atoms with van der Waals surface area (Å²) in [5.41, 5.74) is 0. The van der Waals surface area contributed by atoms with Gasteiger partial charge in [0.2, 0.25) is 5.91 Å². The Bertz CT molecular complexity index is 376. The first kappa shape index (κ1) is 16.3. The van der Waals surface area contributed by atoms with Crippen molar-refractivity contribution < 1.29 is 19.5 Å². The van der Waals surface area contributed by atoms with E-state index in [1.165, 1.54) is 11.8 Å². The largest absolute Gasteiger partial charge is 0.480 e. The molecule has 1 saturated heterocycles. The number of hydrogen-bond donors (Lipinski definition) is 1. The highest BCUT2D eigenvalue weighted by Gasteiger charge is 2.27. The third-order valence-corrected chi connectivity index (χ3v) is 3.18. The maximum atomic E-state index is 12.3. The summed E-state index contributed by atoms with van der Waals surface area (Å²) < 4.78 is 0. The number of aliphatic carboxylic acids is 1. The predicted molar refractivity (Wildman–Crippen MR) is 73.3 cm³/mol. The minimum absolute atomic E-state index is 0.00155. The molecule has 7 nitrogen and oxygen atoms in total. The van der Waals surface area contributed by atoms with Crippen LogP contribution >= 0.6 is 0 Å². The fraction of sp³-hybridized carbons (Fsp3) is 0.769. The van der Waals surface area contributed by atoms with Gasteiger partial charge in [0.05, 0.1) is 0 Å². The Morgan fingerprint density at radius 3 is 2.00 bits per heavy atom. The van der Waals surface area contributed by atoms with E-state index in [2.05, 4.69) is 0 Å². The topological polar surface area (TPSA) is 81.2 Å². The molecule has 3 amide bonds. The van der Waals surface area contributed by atoms with Gasteiger partial charge in [0.25, 0.3) is 0 Å². The third kappa shape index (κ3) is 4.71. The predicted octanol–water partition coefficient (Wildman–Crippen LogP) is 0.313. The third-order valence-electron chi connectivity index (χ3n) is 3.18. The smallest absolute Gasteiger partial charge is 0.323 e.